The summed E-state index contributed by atoms with van der Waals surface area (Å²) in [6.45, 7) is 2.61. The van der Waals surface area contributed by atoms with Crippen LogP contribution in [0.4, 0.5) is 10.1 Å². The fourth-order valence-corrected chi connectivity index (χ4v) is 4.31. The van der Waals surface area contributed by atoms with E-state index < -0.39 is 5.95 Å². The van der Waals surface area contributed by atoms with Gasteiger partial charge in [0.05, 0.1) is 30.8 Å². The van der Waals surface area contributed by atoms with Crippen molar-refractivity contribution in [2.24, 2.45) is 5.92 Å². The standard InChI is InChI=1S/C23H25FN6O/c1-29(14-26)23(27)15-6-8-30(9-7-15)22-19(16-2-5-21(24)28-11-16)4-3-18(20(22)10-25)17-12-31-13-17/h2-5,11,14-15,17,26-27H,6-9,12-13H2,1H3. The Hall–Kier alpha value is -3.31. The van der Waals surface area contributed by atoms with Crippen molar-refractivity contribution >= 4 is 17.9 Å². The van der Waals surface area contributed by atoms with E-state index in [1.54, 1.807) is 13.1 Å². The van der Waals surface area contributed by atoms with Crippen molar-refractivity contribution in [2.75, 3.05) is 38.3 Å². The van der Waals surface area contributed by atoms with E-state index in [0.717, 1.165) is 41.6 Å². The molecule has 3 heterocycles. The second kappa shape index (κ2) is 8.82. The molecule has 0 atom stereocenters. The van der Waals surface area contributed by atoms with Crippen molar-refractivity contribution in [3.8, 4) is 17.2 Å². The minimum atomic E-state index is -0.538. The lowest BCUT2D eigenvalue weighted by molar-refractivity contribution is 0.00833. The van der Waals surface area contributed by atoms with Gasteiger partial charge in [0.1, 0.15) is 11.9 Å². The second-order valence-corrected chi connectivity index (χ2v) is 8.03. The Morgan fingerprint density at radius 3 is 2.58 bits per heavy atom. The molecule has 2 fully saturated rings. The topological polar surface area (TPSA) is 100 Å². The molecule has 1 aromatic heterocycles. The summed E-state index contributed by atoms with van der Waals surface area (Å²) >= 11 is 0. The van der Waals surface area contributed by atoms with Gasteiger partial charge in [-0.15, -0.1) is 0 Å². The predicted molar refractivity (Wildman–Crippen MR) is 117 cm³/mol. The Morgan fingerprint density at radius 2 is 2.03 bits per heavy atom. The number of rotatable bonds is 5. The molecule has 4 rings (SSSR count). The molecule has 0 radical (unpaired) electrons. The van der Waals surface area contributed by atoms with Crippen molar-refractivity contribution < 1.29 is 9.13 Å². The second-order valence-electron chi connectivity index (χ2n) is 8.03. The fraction of sp³-hybridized carbons (Fsp3) is 0.391. The van der Waals surface area contributed by atoms with Gasteiger partial charge in [-0.25, -0.2) is 4.98 Å². The molecule has 160 valence electrons. The smallest absolute Gasteiger partial charge is 0.212 e. The van der Waals surface area contributed by atoms with E-state index in [0.29, 0.717) is 37.7 Å². The SMILES string of the molecule is CN(C=N)C(=N)C1CCN(c2c(-c3ccc(F)nc3)ccc(C3COC3)c2C#N)CC1. The van der Waals surface area contributed by atoms with Crippen LogP contribution in [0, 0.1) is 34.0 Å². The molecule has 2 saturated heterocycles. The van der Waals surface area contributed by atoms with Crippen LogP contribution in [0.15, 0.2) is 30.5 Å². The highest BCUT2D eigenvalue weighted by molar-refractivity contribution is 5.91. The van der Waals surface area contributed by atoms with Crippen molar-refractivity contribution in [3.63, 3.8) is 0 Å². The van der Waals surface area contributed by atoms with Gasteiger partial charge in [0.25, 0.3) is 0 Å². The molecule has 2 aliphatic rings. The first kappa shape index (κ1) is 20.9. The monoisotopic (exact) mass is 420 g/mol. The zero-order chi connectivity index (χ0) is 22.0. The minimum Gasteiger partial charge on any atom is -0.380 e. The highest BCUT2D eigenvalue weighted by Crippen LogP contribution is 2.41. The number of benzene rings is 1. The van der Waals surface area contributed by atoms with Crippen molar-refractivity contribution in [1.29, 1.82) is 16.1 Å². The fourth-order valence-electron chi connectivity index (χ4n) is 4.31. The number of nitrogens with one attached hydrogen (secondary N) is 2. The summed E-state index contributed by atoms with van der Waals surface area (Å²) in [4.78, 5) is 7.54. The molecule has 2 aromatic rings. The highest BCUT2D eigenvalue weighted by atomic mass is 19.1. The molecule has 0 aliphatic carbocycles. The third-order valence-electron chi connectivity index (χ3n) is 6.21. The van der Waals surface area contributed by atoms with Gasteiger partial charge in [0, 0.05) is 49.3 Å². The van der Waals surface area contributed by atoms with Gasteiger partial charge < -0.3 is 14.5 Å². The summed E-state index contributed by atoms with van der Waals surface area (Å²) in [6.07, 6.45) is 4.19. The van der Waals surface area contributed by atoms with Crippen LogP contribution in [0.1, 0.15) is 29.9 Å². The minimum absolute atomic E-state index is 0.0764. The number of halogens is 1. The first-order valence-electron chi connectivity index (χ1n) is 10.4. The van der Waals surface area contributed by atoms with E-state index >= 15 is 0 Å². The van der Waals surface area contributed by atoms with Crippen LogP contribution in [0.5, 0.6) is 0 Å². The number of hydrogen-bond acceptors (Lipinski definition) is 6. The summed E-state index contributed by atoms with van der Waals surface area (Å²) in [5.41, 5.74) is 4.10. The number of ether oxygens (including phenoxy) is 1. The normalized spacial score (nSPS) is 17.0. The lowest BCUT2D eigenvalue weighted by Gasteiger charge is -2.37. The molecule has 31 heavy (non-hydrogen) atoms. The Bertz CT molecular complexity index is 1020. The third-order valence-corrected chi connectivity index (χ3v) is 6.21. The highest BCUT2D eigenvalue weighted by Gasteiger charge is 2.31. The molecule has 2 aliphatic heterocycles. The van der Waals surface area contributed by atoms with Crippen LogP contribution in [-0.4, -0.2) is 55.4 Å². The van der Waals surface area contributed by atoms with Gasteiger partial charge in [0.15, 0.2) is 0 Å². The quantitative estimate of drug-likeness (QED) is 0.437. The Labute approximate surface area is 181 Å². The molecule has 0 saturated carbocycles. The number of amidine groups is 1. The lowest BCUT2D eigenvalue weighted by Crippen LogP contribution is -2.41. The maximum absolute atomic E-state index is 13.4. The molecule has 2 N–H and O–H groups in total. The Kier molecular flexibility index (Phi) is 5.96. The number of nitriles is 1. The summed E-state index contributed by atoms with van der Waals surface area (Å²) in [6, 6.07) is 9.42. The zero-order valence-corrected chi connectivity index (χ0v) is 17.4. The van der Waals surface area contributed by atoms with Crippen LogP contribution < -0.4 is 4.90 Å². The molecule has 1 aromatic carbocycles. The van der Waals surface area contributed by atoms with Crippen molar-refractivity contribution in [1.82, 2.24) is 9.88 Å². The van der Waals surface area contributed by atoms with Crippen LogP contribution in [0.2, 0.25) is 0 Å². The van der Waals surface area contributed by atoms with E-state index in [9.17, 15) is 9.65 Å². The van der Waals surface area contributed by atoms with Crippen molar-refractivity contribution in [3.05, 3.63) is 47.5 Å². The molecule has 0 unspecified atom stereocenters. The number of nitrogens with zero attached hydrogens (tertiary/aromatic N) is 4. The first-order valence-corrected chi connectivity index (χ1v) is 10.4. The molecule has 8 heteroatoms. The van der Waals surface area contributed by atoms with E-state index in [1.165, 1.54) is 17.2 Å². The van der Waals surface area contributed by atoms with E-state index in [2.05, 4.69) is 16.0 Å². The first-order chi connectivity index (χ1) is 15.0. The largest absolute Gasteiger partial charge is 0.380 e. The third kappa shape index (κ3) is 4.01. The average Bonchev–Trinajstić information content (AvgIpc) is 2.77. The van der Waals surface area contributed by atoms with Gasteiger partial charge in [-0.1, -0.05) is 12.1 Å². The molecule has 7 nitrogen and oxygen atoms in total. The number of hydrogen-bond donors (Lipinski definition) is 2. The van der Waals surface area contributed by atoms with Gasteiger partial charge in [-0.2, -0.15) is 9.65 Å². The van der Waals surface area contributed by atoms with Crippen molar-refractivity contribution in [2.45, 2.75) is 18.8 Å². The summed E-state index contributed by atoms with van der Waals surface area (Å²) in [7, 11) is 1.72. The van der Waals surface area contributed by atoms with Gasteiger partial charge in [-0.3, -0.25) is 10.8 Å². The van der Waals surface area contributed by atoms with Gasteiger partial charge >= 0.3 is 0 Å². The van der Waals surface area contributed by atoms with Gasteiger partial charge in [-0.05, 0) is 30.5 Å². The van der Waals surface area contributed by atoms with E-state index in [1.807, 2.05) is 12.1 Å². The molecule has 0 spiro atoms. The molecule has 0 amide bonds. The maximum Gasteiger partial charge on any atom is 0.212 e. The molecule has 0 bridgehead atoms. The zero-order valence-electron chi connectivity index (χ0n) is 17.4. The number of anilines is 1. The summed E-state index contributed by atoms with van der Waals surface area (Å²) in [5.74, 6) is 0.190. The van der Waals surface area contributed by atoms with Crippen LogP contribution in [0.25, 0.3) is 11.1 Å². The number of pyridine rings is 1. The van der Waals surface area contributed by atoms with E-state index in [4.69, 9.17) is 15.6 Å². The molecular formula is C23H25FN6O. The van der Waals surface area contributed by atoms with Crippen LogP contribution in [-0.2, 0) is 4.74 Å². The van der Waals surface area contributed by atoms with Gasteiger partial charge in [0.2, 0.25) is 5.95 Å². The van der Waals surface area contributed by atoms with Crippen LogP contribution in [0.3, 0.4) is 0 Å². The summed E-state index contributed by atoms with van der Waals surface area (Å²) < 4.78 is 18.8. The lowest BCUT2D eigenvalue weighted by atomic mass is 9.87. The van der Waals surface area contributed by atoms with Crippen LogP contribution >= 0.6 is 0 Å². The maximum atomic E-state index is 13.4. The predicted octanol–water partition coefficient (Wildman–Crippen LogP) is 3.61. The van der Waals surface area contributed by atoms with E-state index in [-0.39, 0.29) is 11.8 Å². The Balaban J connectivity index is 1.71. The summed E-state index contributed by atoms with van der Waals surface area (Å²) in [5, 5.41) is 25.8. The number of piperidine rings is 1. The number of aromatic nitrogens is 1. The average molecular weight is 420 g/mol. The molecular weight excluding hydrogens is 395 g/mol. The Morgan fingerprint density at radius 1 is 1.29 bits per heavy atom.